The molecule has 1 unspecified atom stereocenters. The Labute approximate surface area is 111 Å². The Hall–Kier alpha value is -0.940. The van der Waals surface area contributed by atoms with Gasteiger partial charge in [-0.3, -0.25) is 9.69 Å². The summed E-state index contributed by atoms with van der Waals surface area (Å²) < 4.78 is 0. The molecule has 0 amide bonds. The topological polar surface area (TPSA) is 53.4 Å². The fourth-order valence-electron chi connectivity index (χ4n) is 2.90. The molecule has 18 heavy (non-hydrogen) atoms. The van der Waals surface area contributed by atoms with Gasteiger partial charge in [-0.05, 0) is 38.6 Å². The number of carboxylic acid groups (broad SMARTS) is 1. The minimum Gasteiger partial charge on any atom is -0.481 e. The van der Waals surface area contributed by atoms with Crippen molar-refractivity contribution in [3.63, 3.8) is 0 Å². The van der Waals surface area contributed by atoms with Crippen LogP contribution in [-0.2, 0) is 24.2 Å². The maximum Gasteiger partial charge on any atom is 0.307 e. The summed E-state index contributed by atoms with van der Waals surface area (Å²) in [4.78, 5) is 19.4. The average molecular weight is 266 g/mol. The standard InChI is InChI=1S/C13H18N2O2S/c16-13(17)9-3-2-6-15(7-9)8-12-14-10-4-1-5-11(10)18-12/h9H,1-8H2,(H,16,17). The molecule has 0 bridgehead atoms. The van der Waals surface area contributed by atoms with E-state index in [-0.39, 0.29) is 5.92 Å². The first-order valence-corrected chi connectivity index (χ1v) is 7.46. The lowest BCUT2D eigenvalue weighted by atomic mass is 9.98. The number of carboxylic acids is 1. The van der Waals surface area contributed by atoms with Gasteiger partial charge in [0.1, 0.15) is 5.01 Å². The highest BCUT2D eigenvalue weighted by molar-refractivity contribution is 7.11. The number of hydrogen-bond acceptors (Lipinski definition) is 4. The van der Waals surface area contributed by atoms with Crippen molar-refractivity contribution >= 4 is 17.3 Å². The fourth-order valence-corrected chi connectivity index (χ4v) is 4.10. The number of aliphatic carboxylic acids is 1. The van der Waals surface area contributed by atoms with E-state index in [0.29, 0.717) is 6.54 Å². The summed E-state index contributed by atoms with van der Waals surface area (Å²) in [7, 11) is 0. The Balaban J connectivity index is 1.63. The molecule has 0 spiro atoms. The van der Waals surface area contributed by atoms with Gasteiger partial charge in [0.2, 0.25) is 0 Å². The SMILES string of the molecule is O=C(O)C1CCCN(Cc2nc3c(s2)CCC3)C1. The van der Waals surface area contributed by atoms with E-state index in [1.54, 1.807) is 0 Å². The number of aromatic nitrogens is 1. The van der Waals surface area contributed by atoms with Crippen molar-refractivity contribution in [3.8, 4) is 0 Å². The Morgan fingerprint density at radius 2 is 2.33 bits per heavy atom. The molecule has 1 aliphatic heterocycles. The van der Waals surface area contributed by atoms with Crippen LogP contribution in [0.1, 0.15) is 34.8 Å². The predicted molar refractivity (Wildman–Crippen MR) is 69.8 cm³/mol. The number of carbonyl (C=O) groups is 1. The summed E-state index contributed by atoms with van der Waals surface area (Å²) in [5.41, 5.74) is 1.29. The number of thiazole rings is 1. The van der Waals surface area contributed by atoms with Crippen LogP contribution in [0, 0.1) is 5.92 Å². The highest BCUT2D eigenvalue weighted by Gasteiger charge is 2.26. The summed E-state index contributed by atoms with van der Waals surface area (Å²) in [6, 6.07) is 0. The van der Waals surface area contributed by atoms with E-state index in [9.17, 15) is 4.79 Å². The average Bonchev–Trinajstić information content (AvgIpc) is 2.90. The van der Waals surface area contributed by atoms with E-state index in [1.807, 2.05) is 11.3 Å². The summed E-state index contributed by atoms with van der Waals surface area (Å²) in [6.45, 7) is 2.52. The third kappa shape index (κ3) is 2.42. The molecule has 1 atom stereocenters. The van der Waals surface area contributed by atoms with Gasteiger partial charge < -0.3 is 5.11 Å². The van der Waals surface area contributed by atoms with E-state index >= 15 is 0 Å². The summed E-state index contributed by atoms with van der Waals surface area (Å²) in [6.07, 6.45) is 5.37. The van der Waals surface area contributed by atoms with Crippen LogP contribution in [-0.4, -0.2) is 34.0 Å². The van der Waals surface area contributed by atoms with Gasteiger partial charge in [0, 0.05) is 11.4 Å². The summed E-state index contributed by atoms with van der Waals surface area (Å²) >= 11 is 1.83. The second kappa shape index (κ2) is 4.97. The van der Waals surface area contributed by atoms with E-state index in [0.717, 1.165) is 32.4 Å². The van der Waals surface area contributed by atoms with E-state index in [4.69, 9.17) is 5.11 Å². The van der Waals surface area contributed by atoms with Gasteiger partial charge in [0.05, 0.1) is 18.2 Å². The van der Waals surface area contributed by atoms with E-state index in [2.05, 4.69) is 9.88 Å². The molecule has 1 aromatic heterocycles. The third-order valence-electron chi connectivity index (χ3n) is 3.85. The van der Waals surface area contributed by atoms with Crippen LogP contribution in [0.3, 0.4) is 0 Å². The number of piperidine rings is 1. The fraction of sp³-hybridized carbons (Fsp3) is 0.692. The van der Waals surface area contributed by atoms with Crippen LogP contribution < -0.4 is 0 Å². The molecular weight excluding hydrogens is 248 g/mol. The minimum atomic E-state index is -0.652. The summed E-state index contributed by atoms with van der Waals surface area (Å²) in [5.74, 6) is -0.841. The second-order valence-electron chi connectivity index (χ2n) is 5.24. The molecule has 98 valence electrons. The normalized spacial score (nSPS) is 24.1. The molecule has 0 saturated carbocycles. The number of likely N-dealkylation sites (tertiary alicyclic amines) is 1. The van der Waals surface area contributed by atoms with Crippen LogP contribution in [0.25, 0.3) is 0 Å². The first-order valence-electron chi connectivity index (χ1n) is 6.65. The zero-order valence-corrected chi connectivity index (χ0v) is 11.2. The lowest BCUT2D eigenvalue weighted by Gasteiger charge is -2.29. The molecule has 1 N–H and O–H groups in total. The van der Waals surface area contributed by atoms with Crippen LogP contribution in [0.15, 0.2) is 0 Å². The lowest BCUT2D eigenvalue weighted by molar-refractivity contribution is -0.143. The number of hydrogen-bond donors (Lipinski definition) is 1. The van der Waals surface area contributed by atoms with Gasteiger partial charge in [-0.2, -0.15) is 0 Å². The number of nitrogens with zero attached hydrogens (tertiary/aromatic N) is 2. The molecule has 1 fully saturated rings. The van der Waals surface area contributed by atoms with Gasteiger partial charge in [-0.1, -0.05) is 0 Å². The van der Waals surface area contributed by atoms with Crippen LogP contribution in [0.2, 0.25) is 0 Å². The molecule has 0 aromatic carbocycles. The van der Waals surface area contributed by atoms with E-state index in [1.165, 1.54) is 28.4 Å². The highest BCUT2D eigenvalue weighted by Crippen LogP contribution is 2.29. The molecular formula is C13H18N2O2S. The molecule has 2 heterocycles. The van der Waals surface area contributed by atoms with Gasteiger partial charge in [0.25, 0.3) is 0 Å². The molecule has 1 aromatic rings. The van der Waals surface area contributed by atoms with Crippen LogP contribution >= 0.6 is 11.3 Å². The van der Waals surface area contributed by atoms with Crippen molar-refractivity contribution in [3.05, 3.63) is 15.6 Å². The van der Waals surface area contributed by atoms with Crippen molar-refractivity contribution < 1.29 is 9.90 Å². The zero-order valence-electron chi connectivity index (χ0n) is 10.4. The van der Waals surface area contributed by atoms with Gasteiger partial charge >= 0.3 is 5.97 Å². The Kier molecular flexibility index (Phi) is 3.35. The predicted octanol–water partition coefficient (Wildman–Crippen LogP) is 1.93. The van der Waals surface area contributed by atoms with Crippen molar-refractivity contribution in [1.29, 1.82) is 0 Å². The number of aryl methyl sites for hydroxylation is 2. The zero-order chi connectivity index (χ0) is 12.5. The number of rotatable bonds is 3. The van der Waals surface area contributed by atoms with E-state index < -0.39 is 5.97 Å². The molecule has 1 aliphatic carbocycles. The maximum absolute atomic E-state index is 11.0. The quantitative estimate of drug-likeness (QED) is 0.908. The van der Waals surface area contributed by atoms with Gasteiger partial charge in [-0.15, -0.1) is 11.3 Å². The van der Waals surface area contributed by atoms with Crippen molar-refractivity contribution in [1.82, 2.24) is 9.88 Å². The Morgan fingerprint density at radius 3 is 3.11 bits per heavy atom. The van der Waals surface area contributed by atoms with Crippen LogP contribution in [0.5, 0.6) is 0 Å². The summed E-state index contributed by atoms with van der Waals surface area (Å²) in [5, 5.41) is 10.2. The Morgan fingerprint density at radius 1 is 1.44 bits per heavy atom. The molecule has 0 radical (unpaired) electrons. The third-order valence-corrected chi connectivity index (χ3v) is 5.00. The van der Waals surface area contributed by atoms with Crippen LogP contribution in [0.4, 0.5) is 0 Å². The lowest BCUT2D eigenvalue weighted by Crippen LogP contribution is -2.38. The first-order chi connectivity index (χ1) is 8.72. The number of fused-ring (bicyclic) bond motifs is 1. The maximum atomic E-state index is 11.0. The monoisotopic (exact) mass is 266 g/mol. The first kappa shape index (κ1) is 12.1. The molecule has 5 heteroatoms. The van der Waals surface area contributed by atoms with Crippen molar-refractivity contribution in [2.24, 2.45) is 5.92 Å². The minimum absolute atomic E-state index is 0.189. The molecule has 3 rings (SSSR count). The van der Waals surface area contributed by atoms with Gasteiger partial charge in [0.15, 0.2) is 0 Å². The molecule has 4 nitrogen and oxygen atoms in total. The highest BCUT2D eigenvalue weighted by atomic mass is 32.1. The Bertz CT molecular complexity index is 436. The van der Waals surface area contributed by atoms with Crippen molar-refractivity contribution in [2.45, 2.75) is 38.6 Å². The second-order valence-corrected chi connectivity index (χ2v) is 6.41. The smallest absolute Gasteiger partial charge is 0.307 e. The molecule has 1 saturated heterocycles. The van der Waals surface area contributed by atoms with Gasteiger partial charge in [-0.25, -0.2) is 4.98 Å². The largest absolute Gasteiger partial charge is 0.481 e. The van der Waals surface area contributed by atoms with Crippen molar-refractivity contribution in [2.75, 3.05) is 13.1 Å². The molecule has 2 aliphatic rings.